The molecule has 0 radical (unpaired) electrons. The summed E-state index contributed by atoms with van der Waals surface area (Å²) in [6, 6.07) is 3.86. The van der Waals surface area contributed by atoms with Crippen molar-refractivity contribution in [2.75, 3.05) is 0 Å². The largest absolute Gasteiger partial charge is 0.467 e. The van der Waals surface area contributed by atoms with Crippen LogP contribution < -0.4 is 5.32 Å². The molecular weight excluding hydrogens is 276 g/mol. The Balaban J connectivity index is 1.99. The van der Waals surface area contributed by atoms with Gasteiger partial charge in [-0.1, -0.05) is 11.8 Å². The summed E-state index contributed by atoms with van der Waals surface area (Å²) in [6.07, 6.45) is 3.27. The number of hydrogen-bond acceptors (Lipinski definition) is 5. The van der Waals surface area contributed by atoms with Crippen molar-refractivity contribution in [2.24, 2.45) is 0 Å². The molecule has 2 heterocycles. The molecule has 0 saturated heterocycles. The number of thioether (sulfide) groups is 1. The number of carbonyl (C=O) groups excluding carboxylic acids is 1. The van der Waals surface area contributed by atoms with Gasteiger partial charge in [-0.3, -0.25) is 4.79 Å². The van der Waals surface area contributed by atoms with E-state index in [9.17, 15) is 4.79 Å². The Hall–Kier alpha value is -1.76. The number of carbonyl (C=O) groups is 1. The predicted molar refractivity (Wildman–Crippen MR) is 76.4 cm³/mol. The van der Waals surface area contributed by atoms with Crippen LogP contribution in [0.15, 0.2) is 34.3 Å². The highest BCUT2D eigenvalue weighted by Gasteiger charge is 2.18. The van der Waals surface area contributed by atoms with Gasteiger partial charge in [0.25, 0.3) is 0 Å². The second kappa shape index (κ2) is 6.60. The molecule has 0 saturated carbocycles. The van der Waals surface area contributed by atoms with Gasteiger partial charge in [-0.2, -0.15) is 0 Å². The van der Waals surface area contributed by atoms with Gasteiger partial charge < -0.3 is 14.3 Å². The van der Waals surface area contributed by atoms with Gasteiger partial charge in [0.2, 0.25) is 5.91 Å². The van der Waals surface area contributed by atoms with Crippen LogP contribution in [-0.4, -0.2) is 32.0 Å². The maximum absolute atomic E-state index is 11.9. The summed E-state index contributed by atoms with van der Waals surface area (Å²) < 4.78 is 7.17. The molecule has 0 aliphatic heterocycles. The van der Waals surface area contributed by atoms with Crippen LogP contribution >= 0.6 is 11.8 Å². The molecule has 0 fully saturated rings. The molecule has 0 aromatic carbocycles. The number of amides is 1. The predicted octanol–water partition coefficient (Wildman–Crippen LogP) is 1.92. The lowest BCUT2D eigenvalue weighted by molar-refractivity contribution is -0.120. The monoisotopic (exact) mass is 294 g/mol. The smallest absolute Gasteiger partial charge is 0.233 e. The molecule has 1 amide bonds. The molecule has 6 nitrogen and oxygen atoms in total. The van der Waals surface area contributed by atoms with E-state index in [4.69, 9.17) is 4.42 Å². The van der Waals surface area contributed by atoms with Crippen molar-refractivity contribution in [3.05, 3.63) is 30.5 Å². The summed E-state index contributed by atoms with van der Waals surface area (Å²) in [6.45, 7) is 6.29. The first-order valence-electron chi connectivity index (χ1n) is 6.43. The number of nitrogens with one attached hydrogen (secondary N) is 1. The maximum Gasteiger partial charge on any atom is 0.233 e. The molecule has 2 rings (SSSR count). The topological polar surface area (TPSA) is 73.0 Å². The molecule has 108 valence electrons. The van der Waals surface area contributed by atoms with Gasteiger partial charge in [0.1, 0.15) is 12.1 Å². The lowest BCUT2D eigenvalue weighted by atomic mass is 10.3. The van der Waals surface area contributed by atoms with Crippen molar-refractivity contribution in [2.45, 2.75) is 43.8 Å². The quantitative estimate of drug-likeness (QED) is 0.824. The molecule has 0 aliphatic carbocycles. The molecule has 7 heteroatoms. The molecule has 20 heavy (non-hydrogen) atoms. The van der Waals surface area contributed by atoms with E-state index in [0.29, 0.717) is 11.7 Å². The van der Waals surface area contributed by atoms with Crippen molar-refractivity contribution in [1.82, 2.24) is 20.1 Å². The van der Waals surface area contributed by atoms with Crippen LogP contribution in [0.3, 0.4) is 0 Å². The van der Waals surface area contributed by atoms with Gasteiger partial charge >= 0.3 is 0 Å². The van der Waals surface area contributed by atoms with E-state index in [1.807, 2.05) is 37.5 Å². The highest BCUT2D eigenvalue weighted by molar-refractivity contribution is 8.00. The van der Waals surface area contributed by atoms with Crippen LogP contribution in [0, 0.1) is 0 Å². The Morgan fingerprint density at radius 2 is 2.30 bits per heavy atom. The maximum atomic E-state index is 11.9. The summed E-state index contributed by atoms with van der Waals surface area (Å²) in [5.74, 6) is 0.823. The first-order chi connectivity index (χ1) is 9.56. The highest BCUT2D eigenvalue weighted by atomic mass is 32.2. The summed E-state index contributed by atoms with van der Waals surface area (Å²) in [7, 11) is 0. The fourth-order valence-electron chi connectivity index (χ4n) is 1.63. The van der Waals surface area contributed by atoms with Gasteiger partial charge in [0.15, 0.2) is 5.16 Å². The third kappa shape index (κ3) is 3.86. The molecule has 0 bridgehead atoms. The Morgan fingerprint density at radius 3 is 2.95 bits per heavy atom. The van der Waals surface area contributed by atoms with Crippen molar-refractivity contribution in [1.29, 1.82) is 0 Å². The molecule has 2 aromatic heterocycles. The number of aromatic nitrogens is 3. The first-order valence-corrected chi connectivity index (χ1v) is 7.31. The highest BCUT2D eigenvalue weighted by Crippen LogP contribution is 2.21. The van der Waals surface area contributed by atoms with E-state index >= 15 is 0 Å². The fourth-order valence-corrected chi connectivity index (χ4v) is 2.46. The van der Waals surface area contributed by atoms with Crippen molar-refractivity contribution < 1.29 is 9.21 Å². The second-order valence-electron chi connectivity index (χ2n) is 4.74. The van der Waals surface area contributed by atoms with Crippen LogP contribution in [0.25, 0.3) is 0 Å². The average molecular weight is 294 g/mol. The minimum Gasteiger partial charge on any atom is -0.467 e. The van der Waals surface area contributed by atoms with Crippen LogP contribution in [0.4, 0.5) is 0 Å². The van der Waals surface area contributed by atoms with Gasteiger partial charge in [-0.05, 0) is 32.9 Å². The molecule has 0 spiro atoms. The molecule has 2 aromatic rings. The van der Waals surface area contributed by atoms with Gasteiger partial charge in [0.05, 0.1) is 18.1 Å². The Kier molecular flexibility index (Phi) is 4.84. The Labute approximate surface area is 121 Å². The van der Waals surface area contributed by atoms with Gasteiger partial charge in [-0.15, -0.1) is 10.2 Å². The van der Waals surface area contributed by atoms with Crippen molar-refractivity contribution in [3.8, 4) is 0 Å². The zero-order valence-corrected chi connectivity index (χ0v) is 12.6. The van der Waals surface area contributed by atoms with Crippen molar-refractivity contribution >= 4 is 17.7 Å². The summed E-state index contributed by atoms with van der Waals surface area (Å²) in [5, 5.41) is 11.3. The zero-order valence-electron chi connectivity index (χ0n) is 11.7. The fraction of sp³-hybridized carbons (Fsp3) is 0.462. The van der Waals surface area contributed by atoms with E-state index in [1.165, 1.54) is 11.8 Å². The van der Waals surface area contributed by atoms with Crippen LogP contribution in [0.2, 0.25) is 0 Å². The van der Waals surface area contributed by atoms with Crippen molar-refractivity contribution in [3.63, 3.8) is 0 Å². The van der Waals surface area contributed by atoms with E-state index in [-0.39, 0.29) is 17.2 Å². The number of nitrogens with zero attached hydrogens (tertiary/aromatic N) is 3. The molecule has 1 unspecified atom stereocenters. The molecule has 1 atom stereocenters. The summed E-state index contributed by atoms with van der Waals surface area (Å²) in [5.41, 5.74) is 0. The Bertz CT molecular complexity index is 550. The molecule has 1 N–H and O–H groups in total. The Morgan fingerprint density at radius 1 is 1.50 bits per heavy atom. The normalized spacial score (nSPS) is 12.6. The third-order valence-corrected chi connectivity index (χ3v) is 3.66. The number of furan rings is 1. The number of hydrogen-bond donors (Lipinski definition) is 1. The van der Waals surface area contributed by atoms with Gasteiger partial charge in [-0.25, -0.2) is 0 Å². The SMILES string of the molecule is CC(C)NC(=O)C(C)Sc1nncn1Cc1ccco1. The molecule has 0 aliphatic rings. The van der Waals surface area contributed by atoms with E-state index in [0.717, 1.165) is 5.76 Å². The van der Waals surface area contributed by atoms with Gasteiger partial charge in [0, 0.05) is 6.04 Å². The minimum absolute atomic E-state index is 0.00227. The van der Waals surface area contributed by atoms with E-state index in [1.54, 1.807) is 12.6 Å². The summed E-state index contributed by atoms with van der Waals surface area (Å²) in [4.78, 5) is 11.9. The lowest BCUT2D eigenvalue weighted by Crippen LogP contribution is -2.36. The van der Waals surface area contributed by atoms with Crippen LogP contribution in [-0.2, 0) is 11.3 Å². The van der Waals surface area contributed by atoms with Crippen LogP contribution in [0.1, 0.15) is 26.5 Å². The lowest BCUT2D eigenvalue weighted by Gasteiger charge is -2.14. The third-order valence-electron chi connectivity index (χ3n) is 2.57. The van der Waals surface area contributed by atoms with E-state index in [2.05, 4.69) is 15.5 Å². The molecular formula is C13H18N4O2S. The van der Waals surface area contributed by atoms with Crippen LogP contribution in [0.5, 0.6) is 0 Å². The zero-order chi connectivity index (χ0) is 14.5. The minimum atomic E-state index is -0.225. The average Bonchev–Trinajstić information content (AvgIpc) is 3.01. The first kappa shape index (κ1) is 14.6. The van der Waals surface area contributed by atoms with E-state index < -0.39 is 0 Å². The summed E-state index contributed by atoms with van der Waals surface area (Å²) >= 11 is 1.38. The second-order valence-corrected chi connectivity index (χ2v) is 6.05. The standard InChI is InChI=1S/C13H18N4O2S/c1-9(2)15-12(18)10(3)20-13-16-14-8-17(13)7-11-5-4-6-19-11/h4-6,8-10H,7H2,1-3H3,(H,15,18). The number of rotatable bonds is 6.